The normalized spacial score (nSPS) is 17.1. The molecule has 1 atom stereocenters. The third kappa shape index (κ3) is 3.48. The van der Waals surface area contributed by atoms with Crippen molar-refractivity contribution in [3.63, 3.8) is 0 Å². The molecule has 3 rings (SSSR count). The fourth-order valence-corrected chi connectivity index (χ4v) is 3.18. The van der Waals surface area contributed by atoms with E-state index in [0.29, 0.717) is 18.5 Å². The Morgan fingerprint density at radius 1 is 1.16 bits per heavy atom. The molecular weight excluding hydrogens is 331 g/mol. The van der Waals surface area contributed by atoms with E-state index in [1.807, 2.05) is 24.3 Å². The summed E-state index contributed by atoms with van der Waals surface area (Å²) in [6.45, 7) is 2.43. The molecule has 1 aliphatic heterocycles. The second kappa shape index (κ2) is 6.78. The minimum atomic E-state index is -4.39. The molecule has 0 fully saturated rings. The highest BCUT2D eigenvalue weighted by Crippen LogP contribution is 2.37. The number of carbonyl (C=O) groups is 1. The van der Waals surface area contributed by atoms with Crippen molar-refractivity contribution in [2.45, 2.75) is 25.6 Å². The van der Waals surface area contributed by atoms with Gasteiger partial charge in [-0.3, -0.25) is 4.90 Å². The molecule has 6 heteroatoms. The van der Waals surface area contributed by atoms with Crippen LogP contribution < -0.4 is 0 Å². The Morgan fingerprint density at radius 2 is 1.84 bits per heavy atom. The fourth-order valence-electron chi connectivity index (χ4n) is 3.18. The van der Waals surface area contributed by atoms with Crippen LogP contribution in [0.3, 0.4) is 0 Å². The number of amides is 1. The number of benzene rings is 2. The molecule has 0 spiro atoms. The summed E-state index contributed by atoms with van der Waals surface area (Å²) in [4.78, 5) is 13.9. The molecule has 3 nitrogen and oxygen atoms in total. The number of halogens is 3. The molecule has 0 saturated heterocycles. The maximum Gasteiger partial charge on any atom is 0.416 e. The van der Waals surface area contributed by atoms with Gasteiger partial charge < -0.3 is 4.74 Å². The zero-order valence-electron chi connectivity index (χ0n) is 13.7. The molecule has 1 heterocycles. The quantitative estimate of drug-likeness (QED) is 0.779. The van der Waals surface area contributed by atoms with E-state index in [1.165, 1.54) is 12.1 Å². The number of nitrogens with zero attached hydrogens (tertiary/aromatic N) is 1. The van der Waals surface area contributed by atoms with Crippen molar-refractivity contribution in [3.05, 3.63) is 70.8 Å². The van der Waals surface area contributed by atoms with E-state index in [1.54, 1.807) is 11.8 Å². The highest BCUT2D eigenvalue weighted by Gasteiger charge is 2.34. The Hall–Kier alpha value is -2.50. The summed E-state index contributed by atoms with van der Waals surface area (Å²) in [7, 11) is 0. The van der Waals surface area contributed by atoms with E-state index < -0.39 is 23.9 Å². The smallest absolute Gasteiger partial charge is 0.416 e. The Balaban J connectivity index is 2.03. The van der Waals surface area contributed by atoms with Crippen molar-refractivity contribution < 1.29 is 22.7 Å². The van der Waals surface area contributed by atoms with Gasteiger partial charge in [0.25, 0.3) is 0 Å². The lowest BCUT2D eigenvalue weighted by molar-refractivity contribution is -0.137. The number of ether oxygens (including phenoxy) is 1. The summed E-state index contributed by atoms with van der Waals surface area (Å²) in [6.07, 6.45) is -4.16. The van der Waals surface area contributed by atoms with E-state index in [4.69, 9.17) is 4.74 Å². The van der Waals surface area contributed by atoms with Gasteiger partial charge in [-0.1, -0.05) is 36.4 Å². The van der Waals surface area contributed by atoms with Crippen molar-refractivity contribution in [1.82, 2.24) is 4.90 Å². The van der Waals surface area contributed by atoms with Crippen LogP contribution in [0.1, 0.15) is 35.2 Å². The van der Waals surface area contributed by atoms with Gasteiger partial charge in [0.1, 0.15) is 0 Å². The van der Waals surface area contributed by atoms with Crippen molar-refractivity contribution in [3.8, 4) is 0 Å². The van der Waals surface area contributed by atoms with Gasteiger partial charge in [-0.2, -0.15) is 13.2 Å². The van der Waals surface area contributed by atoms with Gasteiger partial charge in [0, 0.05) is 6.54 Å². The van der Waals surface area contributed by atoms with E-state index in [0.717, 1.165) is 23.3 Å². The first-order valence-electron chi connectivity index (χ1n) is 8.10. The summed E-state index contributed by atoms with van der Waals surface area (Å²) >= 11 is 0. The van der Waals surface area contributed by atoms with E-state index in [9.17, 15) is 18.0 Å². The molecule has 0 radical (unpaired) electrons. The molecule has 0 saturated carbocycles. The van der Waals surface area contributed by atoms with Gasteiger partial charge in [0.05, 0.1) is 18.2 Å². The minimum absolute atomic E-state index is 0.247. The Morgan fingerprint density at radius 3 is 2.48 bits per heavy atom. The van der Waals surface area contributed by atoms with Crippen LogP contribution in [-0.4, -0.2) is 24.1 Å². The summed E-state index contributed by atoms with van der Waals surface area (Å²) < 4.78 is 43.6. The van der Waals surface area contributed by atoms with E-state index in [2.05, 4.69) is 0 Å². The maximum atomic E-state index is 12.8. The van der Waals surface area contributed by atoms with Crippen molar-refractivity contribution in [1.29, 1.82) is 0 Å². The number of carbonyl (C=O) groups excluding carboxylic acids is 1. The number of rotatable bonds is 2. The summed E-state index contributed by atoms with van der Waals surface area (Å²) in [5, 5.41) is 0. The van der Waals surface area contributed by atoms with Crippen LogP contribution in [0.4, 0.5) is 18.0 Å². The molecule has 1 aliphatic rings. The number of hydrogen-bond donors (Lipinski definition) is 0. The molecular formula is C19H18F3NO2. The summed E-state index contributed by atoms with van der Waals surface area (Å²) in [6, 6.07) is 12.2. The molecule has 2 aromatic rings. The largest absolute Gasteiger partial charge is 0.450 e. The van der Waals surface area contributed by atoms with E-state index >= 15 is 0 Å². The van der Waals surface area contributed by atoms with Crippen molar-refractivity contribution >= 4 is 6.09 Å². The van der Waals surface area contributed by atoms with Crippen LogP contribution in [0.25, 0.3) is 0 Å². The van der Waals surface area contributed by atoms with E-state index in [-0.39, 0.29) is 6.61 Å². The topological polar surface area (TPSA) is 29.5 Å². The lowest BCUT2D eigenvalue weighted by atomic mass is 9.88. The molecule has 1 amide bonds. The van der Waals surface area contributed by atoms with Crippen LogP contribution in [0.15, 0.2) is 48.5 Å². The van der Waals surface area contributed by atoms with Crippen LogP contribution in [-0.2, 0) is 17.3 Å². The summed E-state index contributed by atoms with van der Waals surface area (Å²) in [5.41, 5.74) is 1.94. The predicted molar refractivity (Wildman–Crippen MR) is 87.2 cm³/mol. The first-order valence-corrected chi connectivity index (χ1v) is 8.10. The first kappa shape index (κ1) is 17.3. The summed E-state index contributed by atoms with van der Waals surface area (Å²) in [5.74, 6) is 0. The monoisotopic (exact) mass is 349 g/mol. The highest BCUT2D eigenvalue weighted by atomic mass is 19.4. The van der Waals surface area contributed by atoms with Crippen LogP contribution in [0.2, 0.25) is 0 Å². The van der Waals surface area contributed by atoms with Crippen LogP contribution in [0, 0.1) is 0 Å². The third-order valence-electron chi connectivity index (χ3n) is 4.34. The van der Waals surface area contributed by atoms with Crippen LogP contribution >= 0.6 is 0 Å². The first-order chi connectivity index (χ1) is 11.9. The average Bonchev–Trinajstić information content (AvgIpc) is 2.60. The lowest BCUT2D eigenvalue weighted by Crippen LogP contribution is -2.40. The highest BCUT2D eigenvalue weighted by molar-refractivity contribution is 5.70. The molecule has 132 valence electrons. The van der Waals surface area contributed by atoms with Crippen molar-refractivity contribution in [2.24, 2.45) is 0 Å². The molecule has 25 heavy (non-hydrogen) atoms. The lowest BCUT2D eigenvalue weighted by Gasteiger charge is -2.37. The number of alkyl halides is 3. The maximum absolute atomic E-state index is 12.8. The molecule has 0 N–H and O–H groups in total. The van der Waals surface area contributed by atoms with Gasteiger partial charge >= 0.3 is 12.3 Å². The fraction of sp³-hybridized carbons (Fsp3) is 0.316. The zero-order valence-corrected chi connectivity index (χ0v) is 13.7. The molecule has 2 aromatic carbocycles. The Bertz CT molecular complexity index is 756. The molecule has 0 bridgehead atoms. The zero-order chi connectivity index (χ0) is 18.0. The second-order valence-corrected chi connectivity index (χ2v) is 5.86. The van der Waals surface area contributed by atoms with Gasteiger partial charge in [-0.05, 0) is 42.2 Å². The van der Waals surface area contributed by atoms with Crippen LogP contribution in [0.5, 0.6) is 0 Å². The third-order valence-corrected chi connectivity index (χ3v) is 4.34. The van der Waals surface area contributed by atoms with Crippen molar-refractivity contribution in [2.75, 3.05) is 13.2 Å². The van der Waals surface area contributed by atoms with Gasteiger partial charge in [0.2, 0.25) is 0 Å². The van der Waals surface area contributed by atoms with Gasteiger partial charge in [-0.15, -0.1) is 0 Å². The molecule has 0 aromatic heterocycles. The van der Waals surface area contributed by atoms with Gasteiger partial charge in [0.15, 0.2) is 0 Å². The predicted octanol–water partition coefficient (Wildman–Crippen LogP) is 4.81. The second-order valence-electron chi connectivity index (χ2n) is 5.86. The Kier molecular flexibility index (Phi) is 4.70. The minimum Gasteiger partial charge on any atom is -0.450 e. The molecule has 1 unspecified atom stereocenters. The molecule has 0 aliphatic carbocycles. The average molecular weight is 349 g/mol. The SMILES string of the molecule is CCOC(=O)N1CCc2ccccc2C1c1ccc(C(F)(F)F)cc1. The Labute approximate surface area is 144 Å². The standard InChI is InChI=1S/C19H18F3NO2/c1-2-25-18(24)23-12-11-13-5-3-4-6-16(13)17(23)14-7-9-15(10-8-14)19(20,21)22/h3-10,17H,2,11-12H2,1H3. The number of hydrogen-bond acceptors (Lipinski definition) is 2. The van der Waals surface area contributed by atoms with Gasteiger partial charge in [-0.25, -0.2) is 4.79 Å². The number of fused-ring (bicyclic) bond motifs is 1.